The van der Waals surface area contributed by atoms with Gasteiger partial charge in [-0.25, -0.2) is 0 Å². The predicted octanol–water partition coefficient (Wildman–Crippen LogP) is 2.53. The van der Waals surface area contributed by atoms with E-state index in [-0.39, 0.29) is 5.91 Å². The van der Waals surface area contributed by atoms with Gasteiger partial charge in [0.15, 0.2) is 0 Å². The van der Waals surface area contributed by atoms with Crippen LogP contribution >= 0.6 is 0 Å². The van der Waals surface area contributed by atoms with Gasteiger partial charge in [-0.3, -0.25) is 4.79 Å². The Bertz CT molecular complexity index is 508. The molecule has 1 aromatic rings. The van der Waals surface area contributed by atoms with Crippen molar-refractivity contribution in [3.63, 3.8) is 0 Å². The molecule has 1 aliphatic carbocycles. The number of rotatable bonds is 3. The Kier molecular flexibility index (Phi) is 3.55. The third-order valence-electron chi connectivity index (χ3n) is 4.84. The van der Waals surface area contributed by atoms with Gasteiger partial charge in [0.2, 0.25) is 0 Å². The molecule has 1 saturated heterocycles. The third-order valence-corrected chi connectivity index (χ3v) is 4.84. The lowest BCUT2D eigenvalue weighted by molar-refractivity contribution is 0.100. The molecule has 0 bridgehead atoms. The van der Waals surface area contributed by atoms with Gasteiger partial charge in [-0.1, -0.05) is 12.8 Å². The van der Waals surface area contributed by atoms with Gasteiger partial charge in [0.1, 0.15) is 0 Å². The van der Waals surface area contributed by atoms with E-state index in [1.807, 2.05) is 12.1 Å². The Labute approximate surface area is 120 Å². The zero-order valence-corrected chi connectivity index (χ0v) is 11.8. The number of amides is 1. The van der Waals surface area contributed by atoms with Crippen LogP contribution in [0.4, 0.5) is 11.4 Å². The molecule has 2 fully saturated rings. The standard InChI is InChI=1S/C16H23N3O/c17-12-7-8-15(13(10-12)16(18)20)19-9-3-6-14(19)11-4-1-2-5-11/h7-8,10-11,14H,1-6,9,17H2,(H2,18,20). The highest BCUT2D eigenvalue weighted by Gasteiger charge is 2.34. The molecule has 1 atom stereocenters. The van der Waals surface area contributed by atoms with Gasteiger partial charge in [-0.05, 0) is 49.8 Å². The molecule has 1 aliphatic heterocycles. The number of hydrogen-bond acceptors (Lipinski definition) is 3. The van der Waals surface area contributed by atoms with Crippen molar-refractivity contribution in [1.29, 1.82) is 0 Å². The minimum absolute atomic E-state index is 0.385. The van der Waals surface area contributed by atoms with Crippen LogP contribution < -0.4 is 16.4 Å². The topological polar surface area (TPSA) is 72.3 Å². The van der Waals surface area contributed by atoms with Gasteiger partial charge in [-0.2, -0.15) is 0 Å². The summed E-state index contributed by atoms with van der Waals surface area (Å²) in [6, 6.07) is 6.11. The SMILES string of the molecule is NC(=O)c1cc(N)ccc1N1CCCC1C1CCCC1. The zero-order valence-electron chi connectivity index (χ0n) is 11.8. The number of hydrogen-bond donors (Lipinski definition) is 2. The lowest BCUT2D eigenvalue weighted by Crippen LogP contribution is -2.36. The van der Waals surface area contributed by atoms with E-state index in [4.69, 9.17) is 11.5 Å². The Morgan fingerprint density at radius 1 is 1.15 bits per heavy atom. The quantitative estimate of drug-likeness (QED) is 0.831. The Morgan fingerprint density at radius 3 is 2.60 bits per heavy atom. The number of anilines is 2. The molecule has 1 unspecified atom stereocenters. The number of benzene rings is 1. The molecule has 4 N–H and O–H groups in total. The van der Waals surface area contributed by atoms with E-state index in [0.717, 1.165) is 18.2 Å². The maximum atomic E-state index is 11.7. The average Bonchev–Trinajstić information content (AvgIpc) is 3.09. The Balaban J connectivity index is 1.92. The fourth-order valence-corrected chi connectivity index (χ4v) is 3.93. The van der Waals surface area contributed by atoms with Gasteiger partial charge in [0, 0.05) is 24.0 Å². The molecule has 1 saturated carbocycles. The fraction of sp³-hybridized carbons (Fsp3) is 0.562. The summed E-state index contributed by atoms with van der Waals surface area (Å²) in [5, 5.41) is 0. The van der Waals surface area contributed by atoms with E-state index in [1.165, 1.54) is 38.5 Å². The van der Waals surface area contributed by atoms with Gasteiger partial charge in [0.05, 0.1) is 5.56 Å². The smallest absolute Gasteiger partial charge is 0.250 e. The van der Waals surface area contributed by atoms with E-state index in [1.54, 1.807) is 6.07 Å². The summed E-state index contributed by atoms with van der Waals surface area (Å²) in [5.74, 6) is 0.389. The highest BCUT2D eigenvalue weighted by Crippen LogP contribution is 2.39. The first-order valence-corrected chi connectivity index (χ1v) is 7.63. The second-order valence-electron chi connectivity index (χ2n) is 6.09. The molecular formula is C16H23N3O. The van der Waals surface area contributed by atoms with Crippen molar-refractivity contribution < 1.29 is 4.79 Å². The molecule has 3 rings (SSSR count). The van der Waals surface area contributed by atoms with Crippen LogP contribution in [-0.2, 0) is 0 Å². The summed E-state index contributed by atoms with van der Waals surface area (Å²) in [6.45, 7) is 1.02. The normalized spacial score (nSPS) is 23.4. The van der Waals surface area contributed by atoms with E-state index >= 15 is 0 Å². The summed E-state index contributed by atoms with van der Waals surface area (Å²) >= 11 is 0. The number of carbonyl (C=O) groups excluding carboxylic acids is 1. The molecule has 0 aromatic heterocycles. The average molecular weight is 273 g/mol. The molecule has 0 radical (unpaired) electrons. The van der Waals surface area contributed by atoms with Crippen LogP contribution in [0.1, 0.15) is 48.9 Å². The maximum Gasteiger partial charge on any atom is 0.250 e. The van der Waals surface area contributed by atoms with Gasteiger partial charge >= 0.3 is 0 Å². The van der Waals surface area contributed by atoms with Crippen LogP contribution in [0.5, 0.6) is 0 Å². The summed E-state index contributed by atoms with van der Waals surface area (Å²) in [4.78, 5) is 14.1. The van der Waals surface area contributed by atoms with Crippen LogP contribution in [0.2, 0.25) is 0 Å². The van der Waals surface area contributed by atoms with Crippen LogP contribution in [0.25, 0.3) is 0 Å². The lowest BCUT2D eigenvalue weighted by atomic mass is 9.95. The Hall–Kier alpha value is -1.71. The number of nitrogens with zero attached hydrogens (tertiary/aromatic N) is 1. The van der Waals surface area contributed by atoms with E-state index in [9.17, 15) is 4.79 Å². The number of carbonyl (C=O) groups is 1. The highest BCUT2D eigenvalue weighted by molar-refractivity contribution is 5.99. The van der Waals surface area contributed by atoms with Crippen molar-refractivity contribution >= 4 is 17.3 Å². The van der Waals surface area contributed by atoms with Crippen molar-refractivity contribution in [1.82, 2.24) is 0 Å². The molecule has 4 heteroatoms. The summed E-state index contributed by atoms with van der Waals surface area (Å²) in [6.07, 6.45) is 7.76. The fourth-order valence-electron chi connectivity index (χ4n) is 3.93. The van der Waals surface area contributed by atoms with Crippen LogP contribution in [0.3, 0.4) is 0 Å². The second-order valence-corrected chi connectivity index (χ2v) is 6.09. The van der Waals surface area contributed by atoms with Crippen molar-refractivity contribution in [3.8, 4) is 0 Å². The van der Waals surface area contributed by atoms with Crippen LogP contribution in [0.15, 0.2) is 18.2 Å². The molecule has 108 valence electrons. The third kappa shape index (κ3) is 2.35. The van der Waals surface area contributed by atoms with E-state index in [0.29, 0.717) is 17.3 Å². The predicted molar refractivity (Wildman–Crippen MR) is 81.7 cm³/mol. The number of primary amides is 1. The zero-order chi connectivity index (χ0) is 14.1. The summed E-state index contributed by atoms with van der Waals surface area (Å²) in [5.41, 5.74) is 13.5. The van der Waals surface area contributed by atoms with Gasteiger partial charge < -0.3 is 16.4 Å². The molecule has 1 aromatic carbocycles. The van der Waals surface area contributed by atoms with E-state index in [2.05, 4.69) is 4.90 Å². The van der Waals surface area contributed by atoms with Gasteiger partial charge in [0.25, 0.3) is 5.91 Å². The van der Waals surface area contributed by atoms with Gasteiger partial charge in [-0.15, -0.1) is 0 Å². The van der Waals surface area contributed by atoms with E-state index < -0.39 is 0 Å². The van der Waals surface area contributed by atoms with Crippen molar-refractivity contribution in [2.24, 2.45) is 11.7 Å². The minimum atomic E-state index is -0.385. The molecule has 1 heterocycles. The highest BCUT2D eigenvalue weighted by atomic mass is 16.1. The Morgan fingerprint density at radius 2 is 1.90 bits per heavy atom. The lowest BCUT2D eigenvalue weighted by Gasteiger charge is -2.32. The monoisotopic (exact) mass is 273 g/mol. The molecule has 0 spiro atoms. The molecule has 1 amide bonds. The first-order chi connectivity index (χ1) is 9.66. The van der Waals surface area contributed by atoms with Crippen molar-refractivity contribution in [2.45, 2.75) is 44.6 Å². The summed E-state index contributed by atoms with van der Waals surface area (Å²) in [7, 11) is 0. The van der Waals surface area contributed by atoms with Crippen molar-refractivity contribution in [2.75, 3.05) is 17.2 Å². The molecule has 4 nitrogen and oxygen atoms in total. The van der Waals surface area contributed by atoms with Crippen LogP contribution in [-0.4, -0.2) is 18.5 Å². The second kappa shape index (κ2) is 5.35. The first-order valence-electron chi connectivity index (χ1n) is 7.63. The molecule has 2 aliphatic rings. The minimum Gasteiger partial charge on any atom is -0.399 e. The molecular weight excluding hydrogens is 250 g/mol. The number of nitrogen functional groups attached to an aromatic ring is 1. The first kappa shape index (κ1) is 13.3. The molecule has 20 heavy (non-hydrogen) atoms. The number of nitrogens with two attached hydrogens (primary N) is 2. The van der Waals surface area contributed by atoms with Crippen LogP contribution in [0, 0.1) is 5.92 Å². The summed E-state index contributed by atoms with van der Waals surface area (Å²) < 4.78 is 0. The maximum absolute atomic E-state index is 11.7. The largest absolute Gasteiger partial charge is 0.399 e. The van der Waals surface area contributed by atoms with Crippen molar-refractivity contribution in [3.05, 3.63) is 23.8 Å².